The Bertz CT molecular complexity index is 590. The van der Waals surface area contributed by atoms with Gasteiger partial charge in [0, 0.05) is 26.1 Å². The fourth-order valence-corrected chi connectivity index (χ4v) is 2.69. The molecule has 0 aliphatic carbocycles. The molecule has 110 valence electrons. The predicted octanol–water partition coefficient (Wildman–Crippen LogP) is 2.94. The molecule has 0 aliphatic heterocycles. The van der Waals surface area contributed by atoms with Gasteiger partial charge < -0.3 is 15.2 Å². The second-order valence-corrected chi connectivity index (χ2v) is 11.8. The summed E-state index contributed by atoms with van der Waals surface area (Å²) in [6.07, 6.45) is 1.80. The van der Waals surface area contributed by atoms with Gasteiger partial charge in [0.15, 0.2) is 0 Å². The molecule has 2 rings (SSSR count). The zero-order chi connectivity index (χ0) is 14.8. The molecule has 5 nitrogen and oxygen atoms in total. The molecule has 20 heavy (non-hydrogen) atoms. The van der Waals surface area contributed by atoms with Crippen molar-refractivity contribution in [2.75, 3.05) is 19.5 Å². The van der Waals surface area contributed by atoms with E-state index in [2.05, 4.69) is 24.7 Å². The molecule has 0 atom stereocenters. The summed E-state index contributed by atoms with van der Waals surface area (Å²) < 4.78 is 12.8. The summed E-state index contributed by atoms with van der Waals surface area (Å²) in [5.41, 5.74) is 7.49. The van der Waals surface area contributed by atoms with Gasteiger partial charge in [-0.3, -0.25) is 0 Å². The number of fused-ring (bicyclic) bond motifs is 1. The molecule has 0 aliphatic rings. The van der Waals surface area contributed by atoms with Crippen LogP contribution in [0.1, 0.15) is 0 Å². The average molecular weight is 293 g/mol. The standard InChI is InChI=1S/C14H23N3O2Si/c1-18-14-8-13-11(7-12(14)15)9-16-17(13)10-19-5-6-20(2,3)4/h7-9H,5-6,10,15H2,1-4H3. The van der Waals surface area contributed by atoms with E-state index in [0.29, 0.717) is 18.2 Å². The van der Waals surface area contributed by atoms with Gasteiger partial charge in [0.2, 0.25) is 0 Å². The molecule has 2 aromatic rings. The Kier molecular flexibility index (Phi) is 4.34. The summed E-state index contributed by atoms with van der Waals surface area (Å²) in [5, 5.41) is 5.34. The number of hydrogen-bond acceptors (Lipinski definition) is 4. The normalized spacial score (nSPS) is 12.0. The Morgan fingerprint density at radius 2 is 2.05 bits per heavy atom. The summed E-state index contributed by atoms with van der Waals surface area (Å²) >= 11 is 0. The summed E-state index contributed by atoms with van der Waals surface area (Å²) in [6.45, 7) is 8.26. The highest BCUT2D eigenvalue weighted by Crippen LogP contribution is 2.27. The van der Waals surface area contributed by atoms with Gasteiger partial charge >= 0.3 is 0 Å². The van der Waals surface area contributed by atoms with Gasteiger partial charge in [-0.15, -0.1) is 0 Å². The molecule has 0 unspecified atom stereocenters. The molecule has 0 saturated carbocycles. The molecule has 0 spiro atoms. The van der Waals surface area contributed by atoms with Gasteiger partial charge in [0.1, 0.15) is 12.5 Å². The molecular weight excluding hydrogens is 270 g/mol. The van der Waals surface area contributed by atoms with Gasteiger partial charge in [-0.05, 0) is 12.1 Å². The van der Waals surface area contributed by atoms with Crippen LogP contribution in [-0.2, 0) is 11.5 Å². The maximum atomic E-state index is 5.89. The van der Waals surface area contributed by atoms with Crippen LogP contribution >= 0.6 is 0 Å². The molecule has 1 aromatic heterocycles. The zero-order valence-electron chi connectivity index (χ0n) is 12.6. The molecule has 1 aromatic carbocycles. The van der Waals surface area contributed by atoms with Crippen LogP contribution in [0.3, 0.4) is 0 Å². The minimum absolute atomic E-state index is 0.459. The molecule has 0 bridgehead atoms. The first-order valence-corrected chi connectivity index (χ1v) is 10.5. The summed E-state index contributed by atoms with van der Waals surface area (Å²) in [7, 11) is 0.567. The maximum Gasteiger partial charge on any atom is 0.143 e. The number of methoxy groups -OCH3 is 1. The highest BCUT2D eigenvalue weighted by molar-refractivity contribution is 6.76. The molecule has 0 amide bonds. The van der Waals surface area contributed by atoms with Crippen LogP contribution in [0.2, 0.25) is 25.7 Å². The van der Waals surface area contributed by atoms with Crippen molar-refractivity contribution in [2.45, 2.75) is 32.4 Å². The summed E-state index contributed by atoms with van der Waals surface area (Å²) in [4.78, 5) is 0. The lowest BCUT2D eigenvalue weighted by Crippen LogP contribution is -2.22. The molecule has 6 heteroatoms. The Balaban J connectivity index is 2.07. The highest BCUT2D eigenvalue weighted by Gasteiger charge is 2.12. The minimum Gasteiger partial charge on any atom is -0.495 e. The topological polar surface area (TPSA) is 62.3 Å². The Morgan fingerprint density at radius 3 is 2.70 bits per heavy atom. The van der Waals surface area contributed by atoms with Crippen molar-refractivity contribution in [3.63, 3.8) is 0 Å². The van der Waals surface area contributed by atoms with E-state index >= 15 is 0 Å². The van der Waals surface area contributed by atoms with E-state index in [1.165, 1.54) is 0 Å². The van der Waals surface area contributed by atoms with E-state index in [1.807, 2.05) is 16.8 Å². The third-order valence-electron chi connectivity index (χ3n) is 3.20. The molecular formula is C14H23N3O2Si. The highest BCUT2D eigenvalue weighted by atomic mass is 28.3. The average Bonchev–Trinajstić information content (AvgIpc) is 2.74. The second kappa shape index (κ2) is 5.84. The van der Waals surface area contributed by atoms with Crippen LogP contribution in [0.25, 0.3) is 10.9 Å². The summed E-state index contributed by atoms with van der Waals surface area (Å²) in [6, 6.07) is 4.93. The molecule has 0 saturated heterocycles. The van der Waals surface area contributed by atoms with Crippen LogP contribution < -0.4 is 10.5 Å². The number of rotatable bonds is 6. The number of nitrogens with two attached hydrogens (primary N) is 1. The molecule has 0 radical (unpaired) electrons. The van der Waals surface area contributed by atoms with Crippen molar-refractivity contribution in [2.24, 2.45) is 0 Å². The van der Waals surface area contributed by atoms with Crippen LogP contribution in [0.15, 0.2) is 18.3 Å². The van der Waals surface area contributed by atoms with Crippen LogP contribution in [0.5, 0.6) is 5.75 Å². The van der Waals surface area contributed by atoms with Crippen LogP contribution in [-0.4, -0.2) is 31.6 Å². The number of anilines is 1. The maximum absolute atomic E-state index is 5.89. The quantitative estimate of drug-likeness (QED) is 0.505. The van der Waals surface area contributed by atoms with E-state index in [1.54, 1.807) is 13.3 Å². The lowest BCUT2D eigenvalue weighted by Gasteiger charge is -2.15. The third-order valence-corrected chi connectivity index (χ3v) is 4.91. The molecule has 0 fully saturated rings. The first kappa shape index (κ1) is 14.9. The Hall–Kier alpha value is -1.53. The van der Waals surface area contributed by atoms with E-state index < -0.39 is 8.07 Å². The number of ether oxygens (including phenoxy) is 2. The van der Waals surface area contributed by atoms with Gasteiger partial charge in [0.05, 0.1) is 24.5 Å². The van der Waals surface area contributed by atoms with E-state index in [-0.39, 0.29) is 0 Å². The van der Waals surface area contributed by atoms with Gasteiger partial charge in [-0.1, -0.05) is 19.6 Å². The van der Waals surface area contributed by atoms with Gasteiger partial charge in [-0.25, -0.2) is 4.68 Å². The van der Waals surface area contributed by atoms with Gasteiger partial charge in [-0.2, -0.15) is 5.10 Å². The van der Waals surface area contributed by atoms with Crippen molar-refractivity contribution >= 4 is 24.7 Å². The first-order chi connectivity index (χ1) is 9.40. The minimum atomic E-state index is -1.05. The molecule has 1 heterocycles. The smallest absolute Gasteiger partial charge is 0.143 e. The first-order valence-electron chi connectivity index (χ1n) is 6.77. The predicted molar refractivity (Wildman–Crippen MR) is 84.8 cm³/mol. The van der Waals surface area contributed by atoms with Crippen LogP contribution in [0, 0.1) is 0 Å². The third kappa shape index (κ3) is 3.52. The lowest BCUT2D eigenvalue weighted by atomic mass is 10.2. The molecule has 2 N–H and O–H groups in total. The van der Waals surface area contributed by atoms with Crippen molar-refractivity contribution in [1.29, 1.82) is 0 Å². The van der Waals surface area contributed by atoms with Crippen molar-refractivity contribution in [3.8, 4) is 5.75 Å². The fraction of sp³-hybridized carbons (Fsp3) is 0.500. The summed E-state index contributed by atoms with van der Waals surface area (Å²) in [5.74, 6) is 0.668. The number of hydrogen-bond donors (Lipinski definition) is 1. The largest absolute Gasteiger partial charge is 0.495 e. The van der Waals surface area contributed by atoms with E-state index in [4.69, 9.17) is 15.2 Å². The zero-order valence-corrected chi connectivity index (χ0v) is 13.6. The fourth-order valence-electron chi connectivity index (χ4n) is 1.93. The Labute approximate surface area is 120 Å². The van der Waals surface area contributed by atoms with Crippen molar-refractivity contribution in [1.82, 2.24) is 9.78 Å². The number of aromatic nitrogens is 2. The SMILES string of the molecule is COc1cc2c(cnn2COCC[Si](C)(C)C)cc1N. The second-order valence-electron chi connectivity index (χ2n) is 6.15. The monoisotopic (exact) mass is 293 g/mol. The van der Waals surface area contributed by atoms with Gasteiger partial charge in [0.25, 0.3) is 0 Å². The van der Waals surface area contributed by atoms with Crippen molar-refractivity contribution < 1.29 is 9.47 Å². The number of nitrogen functional groups attached to an aromatic ring is 1. The lowest BCUT2D eigenvalue weighted by molar-refractivity contribution is 0.0817. The van der Waals surface area contributed by atoms with Crippen LogP contribution in [0.4, 0.5) is 5.69 Å². The van der Waals surface area contributed by atoms with E-state index in [9.17, 15) is 0 Å². The number of nitrogens with zero attached hydrogens (tertiary/aromatic N) is 2. The Morgan fingerprint density at radius 1 is 1.30 bits per heavy atom. The number of benzene rings is 1. The van der Waals surface area contributed by atoms with E-state index in [0.717, 1.165) is 23.6 Å². The van der Waals surface area contributed by atoms with Crippen molar-refractivity contribution in [3.05, 3.63) is 18.3 Å².